The average Bonchev–Trinajstić information content (AvgIpc) is 3.05. The molecule has 102 valence electrons. The Bertz CT molecular complexity index is 560. The topological polar surface area (TPSA) is 20.3 Å². The first-order valence-electron chi connectivity index (χ1n) is 6.56. The summed E-state index contributed by atoms with van der Waals surface area (Å²) in [5, 5.41) is 3.13. The molecule has 0 spiro atoms. The summed E-state index contributed by atoms with van der Waals surface area (Å²) in [7, 11) is 0. The minimum absolute atomic E-state index is 0. The molecular formula is C15H18ClNOS. The van der Waals surface area contributed by atoms with Crippen LogP contribution in [0.5, 0.6) is 0 Å². The maximum Gasteiger partial charge on any atom is 0.165 e. The molecule has 2 aromatic rings. The summed E-state index contributed by atoms with van der Waals surface area (Å²) < 4.78 is 1.21. The number of fused-ring (bicyclic) bond motifs is 1. The first kappa shape index (κ1) is 14.5. The minimum atomic E-state index is 0. The molecule has 0 unspecified atom stereocenters. The van der Waals surface area contributed by atoms with Gasteiger partial charge in [0.2, 0.25) is 0 Å². The van der Waals surface area contributed by atoms with E-state index in [2.05, 4.69) is 17.0 Å². The van der Waals surface area contributed by atoms with E-state index in [-0.39, 0.29) is 12.4 Å². The summed E-state index contributed by atoms with van der Waals surface area (Å²) >= 11 is 1.67. The zero-order valence-electron chi connectivity index (χ0n) is 10.8. The lowest BCUT2D eigenvalue weighted by Gasteiger charge is -2.13. The van der Waals surface area contributed by atoms with Gasteiger partial charge in [-0.05, 0) is 32.0 Å². The maximum atomic E-state index is 12.3. The number of hydrogen-bond acceptors (Lipinski definition) is 3. The Labute approximate surface area is 123 Å². The highest BCUT2D eigenvalue weighted by Crippen LogP contribution is 2.26. The molecule has 1 aliphatic heterocycles. The standard InChI is InChI=1S/C15H17NOS.ClH/c17-14(7-10-16-8-3-4-9-16)13-11-18-15-6-2-1-5-12(13)15;/h1-2,5-6,11H,3-4,7-10H2;1H. The van der Waals surface area contributed by atoms with E-state index in [4.69, 9.17) is 0 Å². The van der Waals surface area contributed by atoms with Gasteiger partial charge in [0.15, 0.2) is 5.78 Å². The first-order valence-corrected chi connectivity index (χ1v) is 7.44. The number of halogens is 1. The van der Waals surface area contributed by atoms with Gasteiger partial charge in [-0.3, -0.25) is 4.79 Å². The molecular weight excluding hydrogens is 278 g/mol. The van der Waals surface area contributed by atoms with Crippen LogP contribution in [0.2, 0.25) is 0 Å². The molecule has 0 atom stereocenters. The Morgan fingerprint density at radius 3 is 2.74 bits per heavy atom. The second-order valence-corrected chi connectivity index (χ2v) is 5.78. The lowest BCUT2D eigenvalue weighted by atomic mass is 10.1. The number of benzene rings is 1. The van der Waals surface area contributed by atoms with Crippen molar-refractivity contribution in [1.29, 1.82) is 0 Å². The van der Waals surface area contributed by atoms with Gasteiger partial charge in [0, 0.05) is 34.0 Å². The van der Waals surface area contributed by atoms with Crippen LogP contribution >= 0.6 is 23.7 Å². The summed E-state index contributed by atoms with van der Waals surface area (Å²) in [5.74, 6) is 0.291. The van der Waals surface area contributed by atoms with Crippen LogP contribution in [0, 0.1) is 0 Å². The fourth-order valence-corrected chi connectivity index (χ4v) is 3.56. The number of carbonyl (C=O) groups is 1. The second kappa shape index (κ2) is 6.51. The van der Waals surface area contributed by atoms with E-state index in [1.807, 2.05) is 17.5 Å². The van der Waals surface area contributed by atoms with Crippen molar-refractivity contribution in [3.63, 3.8) is 0 Å². The summed E-state index contributed by atoms with van der Waals surface area (Å²) in [6.45, 7) is 3.25. The van der Waals surface area contributed by atoms with Crippen molar-refractivity contribution in [2.75, 3.05) is 19.6 Å². The largest absolute Gasteiger partial charge is 0.303 e. The van der Waals surface area contributed by atoms with Crippen LogP contribution in [0.4, 0.5) is 0 Å². The number of likely N-dealkylation sites (tertiary alicyclic amines) is 1. The highest BCUT2D eigenvalue weighted by molar-refractivity contribution is 7.17. The van der Waals surface area contributed by atoms with Crippen molar-refractivity contribution >= 4 is 39.6 Å². The number of Topliss-reactive ketones (excluding diaryl/α,β-unsaturated/α-hetero) is 1. The Morgan fingerprint density at radius 2 is 1.95 bits per heavy atom. The second-order valence-electron chi connectivity index (χ2n) is 4.87. The Balaban J connectivity index is 0.00000133. The van der Waals surface area contributed by atoms with E-state index in [1.54, 1.807) is 11.3 Å². The molecule has 1 aromatic heterocycles. The van der Waals surface area contributed by atoms with Crippen molar-refractivity contribution < 1.29 is 4.79 Å². The van der Waals surface area contributed by atoms with E-state index >= 15 is 0 Å². The number of hydrogen-bond donors (Lipinski definition) is 0. The number of nitrogens with zero attached hydrogens (tertiary/aromatic N) is 1. The number of ketones is 1. The molecule has 4 heteroatoms. The summed E-state index contributed by atoms with van der Waals surface area (Å²) in [5.41, 5.74) is 0.912. The van der Waals surface area contributed by atoms with E-state index in [1.165, 1.54) is 17.5 Å². The third-order valence-corrected chi connectivity index (χ3v) is 4.60. The fraction of sp³-hybridized carbons (Fsp3) is 0.400. The molecule has 0 amide bonds. The van der Waals surface area contributed by atoms with Crippen LogP contribution in [0.15, 0.2) is 29.6 Å². The monoisotopic (exact) mass is 295 g/mol. The van der Waals surface area contributed by atoms with Gasteiger partial charge in [-0.2, -0.15) is 0 Å². The molecule has 1 aliphatic rings. The summed E-state index contributed by atoms with van der Waals surface area (Å²) in [6.07, 6.45) is 3.23. The van der Waals surface area contributed by atoms with Crippen LogP contribution in [0.25, 0.3) is 10.1 Å². The SMILES string of the molecule is Cl.O=C(CCN1CCCC1)c1csc2ccccc12. The number of rotatable bonds is 4. The zero-order valence-corrected chi connectivity index (χ0v) is 12.4. The predicted octanol–water partition coefficient (Wildman–Crippen LogP) is 3.99. The van der Waals surface area contributed by atoms with E-state index in [0.29, 0.717) is 12.2 Å². The number of carbonyl (C=O) groups excluding carboxylic acids is 1. The van der Waals surface area contributed by atoms with Crippen molar-refractivity contribution in [2.45, 2.75) is 19.3 Å². The van der Waals surface area contributed by atoms with Crippen LogP contribution in [-0.4, -0.2) is 30.3 Å². The highest BCUT2D eigenvalue weighted by atomic mass is 35.5. The summed E-state index contributed by atoms with van der Waals surface area (Å²) in [6, 6.07) is 8.16. The van der Waals surface area contributed by atoms with Crippen LogP contribution in [0.3, 0.4) is 0 Å². The maximum absolute atomic E-state index is 12.3. The molecule has 0 aliphatic carbocycles. The first-order chi connectivity index (χ1) is 8.84. The third kappa shape index (κ3) is 3.16. The summed E-state index contributed by atoms with van der Waals surface area (Å²) in [4.78, 5) is 14.7. The molecule has 0 N–H and O–H groups in total. The predicted molar refractivity (Wildman–Crippen MR) is 83.7 cm³/mol. The van der Waals surface area contributed by atoms with Crippen molar-refractivity contribution in [3.05, 3.63) is 35.2 Å². The molecule has 0 bridgehead atoms. The smallest absolute Gasteiger partial charge is 0.165 e. The molecule has 1 saturated heterocycles. The molecule has 1 aromatic carbocycles. The van der Waals surface area contributed by atoms with E-state index in [0.717, 1.165) is 30.6 Å². The molecule has 2 nitrogen and oxygen atoms in total. The van der Waals surface area contributed by atoms with Gasteiger partial charge in [-0.15, -0.1) is 23.7 Å². The quantitative estimate of drug-likeness (QED) is 0.795. The van der Waals surface area contributed by atoms with Gasteiger partial charge < -0.3 is 4.90 Å². The fourth-order valence-electron chi connectivity index (χ4n) is 2.59. The van der Waals surface area contributed by atoms with Crippen molar-refractivity contribution in [3.8, 4) is 0 Å². The minimum Gasteiger partial charge on any atom is -0.303 e. The Hall–Kier alpha value is -0.900. The third-order valence-electron chi connectivity index (χ3n) is 3.64. The molecule has 19 heavy (non-hydrogen) atoms. The van der Waals surface area contributed by atoms with Gasteiger partial charge in [0.25, 0.3) is 0 Å². The Kier molecular flexibility index (Phi) is 4.97. The van der Waals surface area contributed by atoms with Crippen molar-refractivity contribution in [1.82, 2.24) is 4.90 Å². The lowest BCUT2D eigenvalue weighted by Crippen LogP contribution is -2.22. The van der Waals surface area contributed by atoms with Gasteiger partial charge in [0.05, 0.1) is 0 Å². The molecule has 1 fully saturated rings. The normalized spacial score (nSPS) is 15.6. The van der Waals surface area contributed by atoms with Gasteiger partial charge in [-0.25, -0.2) is 0 Å². The van der Waals surface area contributed by atoms with Crippen LogP contribution in [0.1, 0.15) is 29.6 Å². The molecule has 3 rings (SSSR count). The van der Waals surface area contributed by atoms with E-state index in [9.17, 15) is 4.79 Å². The van der Waals surface area contributed by atoms with Crippen LogP contribution < -0.4 is 0 Å². The van der Waals surface area contributed by atoms with Gasteiger partial charge in [-0.1, -0.05) is 18.2 Å². The van der Waals surface area contributed by atoms with Crippen LogP contribution in [-0.2, 0) is 0 Å². The lowest BCUT2D eigenvalue weighted by molar-refractivity contribution is 0.0971. The average molecular weight is 296 g/mol. The molecule has 0 radical (unpaired) electrons. The van der Waals surface area contributed by atoms with E-state index < -0.39 is 0 Å². The molecule has 2 heterocycles. The zero-order chi connectivity index (χ0) is 12.4. The highest BCUT2D eigenvalue weighted by Gasteiger charge is 2.15. The Morgan fingerprint density at radius 1 is 1.21 bits per heavy atom. The van der Waals surface area contributed by atoms with Gasteiger partial charge >= 0.3 is 0 Å². The van der Waals surface area contributed by atoms with Crippen molar-refractivity contribution in [2.24, 2.45) is 0 Å². The number of thiophene rings is 1. The molecule has 0 saturated carbocycles. The van der Waals surface area contributed by atoms with Gasteiger partial charge in [0.1, 0.15) is 0 Å².